The molecular weight excluding hydrogens is 529 g/mol. The van der Waals surface area contributed by atoms with Crippen molar-refractivity contribution in [2.75, 3.05) is 6.61 Å². The van der Waals surface area contributed by atoms with Crippen LogP contribution >= 0.6 is 0 Å². The predicted octanol–water partition coefficient (Wildman–Crippen LogP) is 7.13. The van der Waals surface area contributed by atoms with Gasteiger partial charge in [0.1, 0.15) is 11.4 Å². The molecule has 1 aliphatic carbocycles. The number of H-pyrrole nitrogens is 1. The number of halogens is 1. The van der Waals surface area contributed by atoms with Crippen LogP contribution in [0, 0.1) is 11.3 Å². The van der Waals surface area contributed by atoms with Crippen LogP contribution in [0.15, 0.2) is 64.3 Å². The number of benzene rings is 3. The smallest absolute Gasteiger partial charge is 0.332 e. The lowest BCUT2D eigenvalue weighted by Crippen LogP contribution is -2.15. The van der Waals surface area contributed by atoms with Gasteiger partial charge in [0.2, 0.25) is 0 Å². The molecule has 0 aliphatic heterocycles. The summed E-state index contributed by atoms with van der Waals surface area (Å²) in [6.45, 7) is 2.46. The molecule has 0 spiro atoms. The molecule has 2 aromatic heterocycles. The third-order valence-corrected chi connectivity index (χ3v) is 8.67. The summed E-state index contributed by atoms with van der Waals surface area (Å²) < 4.78 is 45.7. The summed E-state index contributed by atoms with van der Waals surface area (Å²) in [4.78, 5) is 17.1. The lowest BCUT2D eigenvalue weighted by molar-refractivity contribution is 0.311. The summed E-state index contributed by atoms with van der Waals surface area (Å²) in [5.41, 5.74) is 3.52. The number of fused-ring (bicyclic) bond motifs is 4. The molecule has 2 heterocycles. The molecule has 1 N–H and O–H groups in total. The molecule has 0 bridgehead atoms. The van der Waals surface area contributed by atoms with Gasteiger partial charge in [-0.2, -0.15) is 13.7 Å². The summed E-state index contributed by atoms with van der Waals surface area (Å²) in [7, 11) is -4.91. The Bertz CT molecular complexity index is 2000. The van der Waals surface area contributed by atoms with Crippen LogP contribution in [-0.2, 0) is 10.2 Å². The molecule has 0 amide bonds. The second-order valence-electron chi connectivity index (χ2n) is 10.4. The quantitative estimate of drug-likeness (QED) is 0.169. The number of aromatic nitrogens is 2. The minimum absolute atomic E-state index is 0.145. The number of rotatable bonds is 7. The third-order valence-electron chi connectivity index (χ3n) is 7.85. The van der Waals surface area contributed by atoms with Crippen molar-refractivity contribution in [2.45, 2.75) is 56.4 Å². The molecule has 40 heavy (non-hydrogen) atoms. The van der Waals surface area contributed by atoms with Crippen LogP contribution in [0.3, 0.4) is 0 Å². The molecule has 9 heteroatoms. The van der Waals surface area contributed by atoms with E-state index in [1.165, 1.54) is 18.2 Å². The first kappa shape index (κ1) is 26.1. The molecule has 3 aromatic carbocycles. The number of hydrogen-bond acceptors (Lipinski definition) is 5. The van der Waals surface area contributed by atoms with Crippen molar-refractivity contribution in [3.05, 3.63) is 70.4 Å². The highest BCUT2D eigenvalue weighted by Gasteiger charge is 2.25. The molecule has 0 atom stereocenters. The number of nitrogens with zero attached hydrogens (tertiary/aromatic N) is 2. The lowest BCUT2D eigenvalue weighted by Gasteiger charge is -2.21. The van der Waals surface area contributed by atoms with Gasteiger partial charge in [0.25, 0.3) is 0 Å². The first-order valence-electron chi connectivity index (χ1n) is 13.6. The maximum Gasteiger partial charge on any atom is 0.332 e. The second-order valence-corrected chi connectivity index (χ2v) is 11.7. The minimum Gasteiger partial charge on any atom is -0.493 e. The number of aromatic amines is 1. The van der Waals surface area contributed by atoms with Gasteiger partial charge in [-0.15, -0.1) is 3.89 Å². The molecule has 204 valence electrons. The summed E-state index contributed by atoms with van der Waals surface area (Å²) in [6, 6.07) is 16.9. The number of ether oxygens (including phenoxy) is 1. The van der Waals surface area contributed by atoms with Gasteiger partial charge >= 0.3 is 10.2 Å². The van der Waals surface area contributed by atoms with Crippen molar-refractivity contribution in [1.29, 1.82) is 5.26 Å². The zero-order valence-corrected chi connectivity index (χ0v) is 22.9. The van der Waals surface area contributed by atoms with Crippen molar-refractivity contribution in [2.24, 2.45) is 0 Å². The van der Waals surface area contributed by atoms with Crippen LogP contribution in [-0.4, -0.2) is 24.6 Å². The van der Waals surface area contributed by atoms with Gasteiger partial charge in [-0.1, -0.05) is 44.4 Å². The van der Waals surface area contributed by atoms with Crippen molar-refractivity contribution < 1.29 is 17.0 Å². The van der Waals surface area contributed by atoms with Gasteiger partial charge in [-0.05, 0) is 61.2 Å². The Morgan fingerprint density at radius 1 is 1.10 bits per heavy atom. The lowest BCUT2D eigenvalue weighted by atomic mass is 10.00. The van der Waals surface area contributed by atoms with Gasteiger partial charge in [0, 0.05) is 22.5 Å². The molecule has 1 fully saturated rings. The monoisotopic (exact) mass is 557 g/mol. The van der Waals surface area contributed by atoms with E-state index in [4.69, 9.17) is 4.74 Å². The number of hydrogen-bond donors (Lipinski definition) is 1. The molecule has 6 rings (SSSR count). The van der Waals surface area contributed by atoms with Crippen LogP contribution in [0.25, 0.3) is 44.0 Å². The molecule has 1 saturated carbocycles. The average molecular weight is 558 g/mol. The Labute approximate surface area is 231 Å². The molecule has 5 aromatic rings. The van der Waals surface area contributed by atoms with E-state index in [2.05, 4.69) is 15.6 Å². The second kappa shape index (κ2) is 10.1. The standard InChI is InChI=1S/C31H28FN3O4S/c1-2-3-13-39-28-17-25-27(16-24(28)20-7-6-10-22(15-20)40(32,37)38)35(21-8-4-5-9-21)31-29(30(25)36)23-12-11-19(18-33)14-26(23)34-31/h6-7,10-12,14-17,21,34H,2-5,8-9,13H2,1H3. The van der Waals surface area contributed by atoms with Gasteiger partial charge in [-0.25, -0.2) is 0 Å². The van der Waals surface area contributed by atoms with Crippen molar-refractivity contribution in [3.63, 3.8) is 0 Å². The van der Waals surface area contributed by atoms with Crippen LogP contribution in [0.4, 0.5) is 3.89 Å². The van der Waals surface area contributed by atoms with Crippen LogP contribution in [0.1, 0.15) is 57.1 Å². The summed E-state index contributed by atoms with van der Waals surface area (Å²) >= 11 is 0. The van der Waals surface area contributed by atoms with E-state index in [-0.39, 0.29) is 11.5 Å². The maximum atomic E-state index is 14.1. The topological polar surface area (TPSA) is 105 Å². The minimum atomic E-state index is -4.91. The highest BCUT2D eigenvalue weighted by molar-refractivity contribution is 7.86. The van der Waals surface area contributed by atoms with Gasteiger partial charge < -0.3 is 14.3 Å². The Hall–Kier alpha value is -4.16. The Morgan fingerprint density at radius 3 is 2.62 bits per heavy atom. The fraction of sp³-hybridized carbons (Fsp3) is 0.290. The summed E-state index contributed by atoms with van der Waals surface area (Å²) in [5.74, 6) is 0.440. The highest BCUT2D eigenvalue weighted by Crippen LogP contribution is 2.40. The number of pyridine rings is 1. The van der Waals surface area contributed by atoms with E-state index in [0.29, 0.717) is 56.5 Å². The van der Waals surface area contributed by atoms with Gasteiger partial charge in [0.15, 0.2) is 5.43 Å². The molecule has 0 unspecified atom stereocenters. The summed E-state index contributed by atoms with van der Waals surface area (Å²) in [6.07, 6.45) is 5.75. The molecule has 7 nitrogen and oxygen atoms in total. The third kappa shape index (κ3) is 4.42. The van der Waals surface area contributed by atoms with Crippen molar-refractivity contribution >= 4 is 43.1 Å². The van der Waals surface area contributed by atoms with Crippen LogP contribution in [0.5, 0.6) is 5.75 Å². The Morgan fingerprint density at radius 2 is 1.90 bits per heavy atom. The van der Waals surface area contributed by atoms with E-state index < -0.39 is 15.1 Å². The molecular formula is C31H28FN3O4S. The van der Waals surface area contributed by atoms with E-state index in [1.54, 1.807) is 24.3 Å². The fourth-order valence-electron chi connectivity index (χ4n) is 5.90. The molecule has 0 radical (unpaired) electrons. The van der Waals surface area contributed by atoms with Crippen LogP contribution < -0.4 is 10.2 Å². The number of unbranched alkanes of at least 4 members (excludes halogenated alkanes) is 1. The zero-order valence-electron chi connectivity index (χ0n) is 22.0. The largest absolute Gasteiger partial charge is 0.493 e. The molecule has 0 saturated heterocycles. The number of nitrogens with one attached hydrogen (secondary N) is 1. The number of nitriles is 1. The Kier molecular flexibility index (Phi) is 6.59. The van der Waals surface area contributed by atoms with Crippen molar-refractivity contribution in [1.82, 2.24) is 9.55 Å². The average Bonchev–Trinajstić information content (AvgIpc) is 3.61. The van der Waals surface area contributed by atoms with Crippen LogP contribution in [0.2, 0.25) is 0 Å². The van der Waals surface area contributed by atoms with E-state index in [1.807, 2.05) is 19.1 Å². The Balaban J connectivity index is 1.71. The first-order valence-corrected chi connectivity index (χ1v) is 14.9. The highest BCUT2D eigenvalue weighted by atomic mass is 32.3. The summed E-state index contributed by atoms with van der Waals surface area (Å²) in [5, 5.41) is 11.2. The van der Waals surface area contributed by atoms with Gasteiger partial charge in [-0.3, -0.25) is 4.79 Å². The van der Waals surface area contributed by atoms with E-state index in [9.17, 15) is 22.4 Å². The maximum absolute atomic E-state index is 14.1. The van der Waals surface area contributed by atoms with E-state index in [0.717, 1.165) is 43.9 Å². The van der Waals surface area contributed by atoms with Crippen molar-refractivity contribution in [3.8, 4) is 22.9 Å². The normalized spacial score (nSPS) is 14.3. The van der Waals surface area contributed by atoms with E-state index >= 15 is 0 Å². The SMILES string of the molecule is CCCCOc1cc2c(=O)c3c4ccc(C#N)cc4[nH]c3n(C3CCCC3)c2cc1-c1cccc(S(=O)(=O)F)c1. The first-order chi connectivity index (χ1) is 19.3. The van der Waals surface area contributed by atoms with Gasteiger partial charge in [0.05, 0.1) is 39.4 Å². The predicted molar refractivity (Wildman–Crippen MR) is 154 cm³/mol. The molecule has 1 aliphatic rings. The fourth-order valence-corrected chi connectivity index (χ4v) is 6.41. The zero-order chi connectivity index (χ0) is 28.0.